The zero-order valence-corrected chi connectivity index (χ0v) is 15.8. The highest BCUT2D eigenvalue weighted by Gasteiger charge is 2.50. The molecule has 0 spiro atoms. The van der Waals surface area contributed by atoms with Gasteiger partial charge in [0.1, 0.15) is 5.72 Å². The lowest BCUT2D eigenvalue weighted by molar-refractivity contribution is -0.0280. The van der Waals surface area contributed by atoms with Gasteiger partial charge in [-0.1, -0.05) is 44.2 Å². The summed E-state index contributed by atoms with van der Waals surface area (Å²) < 4.78 is 0. The van der Waals surface area contributed by atoms with Gasteiger partial charge in [0.25, 0.3) is 0 Å². The van der Waals surface area contributed by atoms with Crippen molar-refractivity contribution in [3.63, 3.8) is 0 Å². The van der Waals surface area contributed by atoms with Crippen molar-refractivity contribution < 1.29 is 9.90 Å². The van der Waals surface area contributed by atoms with Crippen LogP contribution < -0.4 is 4.90 Å². The van der Waals surface area contributed by atoms with Crippen molar-refractivity contribution in [1.82, 2.24) is 4.90 Å². The van der Waals surface area contributed by atoms with Crippen molar-refractivity contribution in [2.45, 2.75) is 52.3 Å². The first kappa shape index (κ1) is 17.7. The molecule has 1 N–H and O–H groups in total. The molecule has 1 saturated heterocycles. The van der Waals surface area contributed by atoms with Crippen LogP contribution in [0.2, 0.25) is 0 Å². The van der Waals surface area contributed by atoms with Gasteiger partial charge in [0.15, 0.2) is 0 Å². The van der Waals surface area contributed by atoms with Gasteiger partial charge in [-0.05, 0) is 49.6 Å². The Morgan fingerprint density at radius 1 is 1.08 bits per heavy atom. The Morgan fingerprint density at radius 3 is 2.36 bits per heavy atom. The second kappa shape index (κ2) is 6.03. The van der Waals surface area contributed by atoms with Gasteiger partial charge >= 0.3 is 6.03 Å². The van der Waals surface area contributed by atoms with Gasteiger partial charge in [-0.2, -0.15) is 0 Å². The van der Waals surface area contributed by atoms with Crippen LogP contribution in [0.1, 0.15) is 41.0 Å². The number of carbonyl (C=O) groups excluding carboxylic acids is 1. The lowest BCUT2D eigenvalue weighted by Crippen LogP contribution is -2.68. The molecule has 0 radical (unpaired) electrons. The molecule has 0 bridgehead atoms. The molecule has 1 fully saturated rings. The number of hydrogen-bond acceptors (Lipinski definition) is 2. The average Bonchev–Trinajstić information content (AvgIpc) is 2.49. The summed E-state index contributed by atoms with van der Waals surface area (Å²) in [6.45, 7) is 10.7. The third-order valence-corrected chi connectivity index (χ3v) is 4.94. The van der Waals surface area contributed by atoms with E-state index in [9.17, 15) is 9.90 Å². The minimum atomic E-state index is -1.23. The molecule has 4 nitrogen and oxygen atoms in total. The minimum absolute atomic E-state index is 0.134. The third-order valence-electron chi connectivity index (χ3n) is 4.94. The predicted molar refractivity (Wildman–Crippen MR) is 103 cm³/mol. The molecule has 1 unspecified atom stereocenters. The Kier molecular flexibility index (Phi) is 4.28. The van der Waals surface area contributed by atoms with Crippen LogP contribution >= 0.6 is 0 Å². The molecule has 1 aliphatic rings. The summed E-state index contributed by atoms with van der Waals surface area (Å²) in [5, 5.41) is 13.3. The fourth-order valence-electron chi connectivity index (χ4n) is 3.97. The molecule has 4 heteroatoms. The molecule has 134 valence electrons. The molecular weight excluding hydrogens is 312 g/mol. The Balaban J connectivity index is 2.06. The summed E-state index contributed by atoms with van der Waals surface area (Å²) in [6, 6.07) is 13.8. The monoisotopic (exact) mass is 340 g/mol. The SMILES string of the molecule is CC(C)CN1C(=O)N(c2ccc3ccccc3c2)C(C)(O)CC1(C)C. The van der Waals surface area contributed by atoms with Crippen molar-refractivity contribution in [2.24, 2.45) is 5.92 Å². The van der Waals surface area contributed by atoms with Crippen molar-refractivity contribution in [3.05, 3.63) is 42.5 Å². The standard InChI is InChI=1S/C21H28N2O2/c1-15(2)13-22-19(24)23(21(5,25)14-20(22,3)4)18-11-10-16-8-6-7-9-17(16)12-18/h6-12,15,25H,13-14H2,1-5H3. The van der Waals surface area contributed by atoms with E-state index < -0.39 is 11.3 Å². The topological polar surface area (TPSA) is 43.8 Å². The maximum atomic E-state index is 13.3. The van der Waals surface area contributed by atoms with Gasteiger partial charge in [-0.25, -0.2) is 4.79 Å². The number of urea groups is 1. The number of aliphatic hydroxyl groups is 1. The van der Waals surface area contributed by atoms with E-state index in [0.717, 1.165) is 16.5 Å². The van der Waals surface area contributed by atoms with E-state index in [1.54, 1.807) is 11.8 Å². The second-order valence-electron chi connectivity index (χ2n) is 8.36. The maximum Gasteiger partial charge on any atom is 0.327 e. The predicted octanol–water partition coefficient (Wildman–Crippen LogP) is 4.62. The maximum absolute atomic E-state index is 13.3. The van der Waals surface area contributed by atoms with Crippen molar-refractivity contribution in [1.29, 1.82) is 0 Å². The summed E-state index contributed by atoms with van der Waals surface area (Å²) in [6.07, 6.45) is 0.491. The van der Waals surface area contributed by atoms with Gasteiger partial charge in [0, 0.05) is 24.2 Å². The largest absolute Gasteiger partial charge is 0.371 e. The first-order valence-electron chi connectivity index (χ1n) is 8.95. The first-order valence-corrected chi connectivity index (χ1v) is 8.95. The van der Waals surface area contributed by atoms with Crippen LogP contribution in [0, 0.1) is 5.92 Å². The first-order chi connectivity index (χ1) is 11.6. The highest BCUT2D eigenvalue weighted by Crippen LogP contribution is 2.39. The fourth-order valence-corrected chi connectivity index (χ4v) is 3.97. The molecule has 2 aromatic carbocycles. The highest BCUT2D eigenvalue weighted by atomic mass is 16.3. The van der Waals surface area contributed by atoms with E-state index in [4.69, 9.17) is 0 Å². The van der Waals surface area contributed by atoms with Gasteiger partial charge in [0.05, 0.1) is 0 Å². The molecule has 2 amide bonds. The van der Waals surface area contributed by atoms with E-state index in [0.29, 0.717) is 18.9 Å². The van der Waals surface area contributed by atoms with Gasteiger partial charge in [0.2, 0.25) is 0 Å². The average molecular weight is 340 g/mol. The number of carbonyl (C=O) groups is 1. The summed E-state index contributed by atoms with van der Waals surface area (Å²) >= 11 is 0. The fraction of sp³-hybridized carbons (Fsp3) is 0.476. The quantitative estimate of drug-likeness (QED) is 0.886. The number of fused-ring (bicyclic) bond motifs is 1. The van der Waals surface area contributed by atoms with Crippen LogP contribution in [0.5, 0.6) is 0 Å². The summed E-state index contributed by atoms with van der Waals surface area (Å²) in [7, 11) is 0. The van der Waals surface area contributed by atoms with E-state index in [1.807, 2.05) is 61.2 Å². The molecule has 0 aromatic heterocycles. The molecular formula is C21H28N2O2. The third kappa shape index (κ3) is 3.23. The smallest absolute Gasteiger partial charge is 0.327 e. The normalized spacial score (nSPS) is 23.6. The zero-order valence-electron chi connectivity index (χ0n) is 15.8. The molecule has 1 heterocycles. The second-order valence-corrected chi connectivity index (χ2v) is 8.36. The summed E-state index contributed by atoms with van der Waals surface area (Å²) in [4.78, 5) is 16.8. The molecule has 25 heavy (non-hydrogen) atoms. The Morgan fingerprint density at radius 2 is 1.72 bits per heavy atom. The lowest BCUT2D eigenvalue weighted by atomic mass is 9.87. The Labute approximate surface area is 150 Å². The molecule has 0 aliphatic carbocycles. The number of benzene rings is 2. The summed E-state index contributed by atoms with van der Waals surface area (Å²) in [5.41, 5.74) is -0.882. The molecule has 0 saturated carbocycles. The number of nitrogens with zero attached hydrogens (tertiary/aromatic N) is 2. The van der Waals surface area contributed by atoms with E-state index in [2.05, 4.69) is 13.8 Å². The molecule has 1 aliphatic heterocycles. The van der Waals surface area contributed by atoms with Gasteiger partial charge in [-0.15, -0.1) is 0 Å². The zero-order chi connectivity index (χ0) is 18.4. The molecule has 2 aromatic rings. The van der Waals surface area contributed by atoms with Gasteiger partial charge < -0.3 is 10.0 Å². The minimum Gasteiger partial charge on any atom is -0.371 e. The lowest BCUT2D eigenvalue weighted by Gasteiger charge is -2.54. The Hall–Kier alpha value is -2.07. The van der Waals surface area contributed by atoms with E-state index >= 15 is 0 Å². The van der Waals surface area contributed by atoms with Crippen molar-refractivity contribution >= 4 is 22.5 Å². The Bertz CT molecular complexity index is 795. The number of anilines is 1. The van der Waals surface area contributed by atoms with Crippen LogP contribution in [0.4, 0.5) is 10.5 Å². The van der Waals surface area contributed by atoms with Crippen LogP contribution in [0.15, 0.2) is 42.5 Å². The van der Waals surface area contributed by atoms with Crippen LogP contribution in [-0.2, 0) is 0 Å². The highest BCUT2D eigenvalue weighted by molar-refractivity contribution is 5.97. The molecule has 1 atom stereocenters. The number of amides is 2. The molecule has 3 rings (SSSR count). The number of hydrogen-bond donors (Lipinski definition) is 1. The number of rotatable bonds is 3. The van der Waals surface area contributed by atoms with Crippen molar-refractivity contribution in [2.75, 3.05) is 11.4 Å². The van der Waals surface area contributed by atoms with Crippen molar-refractivity contribution in [3.8, 4) is 0 Å². The van der Waals surface area contributed by atoms with E-state index in [1.165, 1.54) is 0 Å². The van der Waals surface area contributed by atoms with E-state index in [-0.39, 0.29) is 6.03 Å². The summed E-state index contributed by atoms with van der Waals surface area (Å²) in [5.74, 6) is 0.365. The van der Waals surface area contributed by atoms with Crippen LogP contribution in [0.3, 0.4) is 0 Å². The van der Waals surface area contributed by atoms with Crippen LogP contribution in [0.25, 0.3) is 10.8 Å². The van der Waals surface area contributed by atoms with Crippen LogP contribution in [-0.4, -0.2) is 33.8 Å². The van der Waals surface area contributed by atoms with Gasteiger partial charge in [-0.3, -0.25) is 4.90 Å².